The van der Waals surface area contributed by atoms with Crippen molar-refractivity contribution in [3.8, 4) is 0 Å². The minimum atomic E-state index is -0.707. The summed E-state index contributed by atoms with van der Waals surface area (Å²) in [6.45, 7) is 0.866. The summed E-state index contributed by atoms with van der Waals surface area (Å²) in [5.41, 5.74) is 3.68. The largest absolute Gasteiger partial charge is 0.465 e. The van der Waals surface area contributed by atoms with Gasteiger partial charge in [0, 0.05) is 43.2 Å². The first-order valence-electron chi connectivity index (χ1n) is 13.0. The summed E-state index contributed by atoms with van der Waals surface area (Å²) in [5.74, 6) is -0.937. The average Bonchev–Trinajstić information content (AvgIpc) is 3.02. The zero-order chi connectivity index (χ0) is 29.2. The standard InChI is InChI=1S/C30H31N3O8/c1-39-30(36)23-8-6-22(7-9-23)24-16-27(41-28(17-24)40-19-21-4-2-20(18-34)3-5-21)29(35)32-15-14-31-25-10-12-26(13-11-25)33(37)38/h2-13,16,24,28,31,34H,14-15,17-19H2,1H3,(H,32,35)/t24-,28+/m1/s1. The highest BCUT2D eigenvalue weighted by Crippen LogP contribution is 2.32. The summed E-state index contributed by atoms with van der Waals surface area (Å²) >= 11 is 0. The maximum Gasteiger partial charge on any atom is 0.337 e. The van der Waals surface area contributed by atoms with Gasteiger partial charge in [-0.3, -0.25) is 14.9 Å². The smallest absolute Gasteiger partial charge is 0.337 e. The highest BCUT2D eigenvalue weighted by Gasteiger charge is 2.29. The van der Waals surface area contributed by atoms with Crippen molar-refractivity contribution in [3.05, 3.63) is 117 Å². The number of rotatable bonds is 12. The fourth-order valence-electron chi connectivity index (χ4n) is 4.24. The van der Waals surface area contributed by atoms with Crippen molar-refractivity contribution >= 4 is 23.3 Å². The molecule has 0 spiro atoms. The maximum atomic E-state index is 13.0. The minimum Gasteiger partial charge on any atom is -0.465 e. The van der Waals surface area contributed by atoms with Crippen LogP contribution < -0.4 is 10.6 Å². The van der Waals surface area contributed by atoms with E-state index in [1.807, 2.05) is 36.4 Å². The molecule has 0 saturated carbocycles. The summed E-state index contributed by atoms with van der Waals surface area (Å²) in [4.78, 5) is 35.2. The Kier molecular flexibility index (Phi) is 10.0. The van der Waals surface area contributed by atoms with E-state index in [1.54, 1.807) is 30.3 Å². The Morgan fingerprint density at radius 3 is 2.32 bits per heavy atom. The topological polar surface area (TPSA) is 149 Å². The van der Waals surface area contributed by atoms with Crippen molar-refractivity contribution in [2.45, 2.75) is 31.8 Å². The second kappa shape index (κ2) is 14.1. The predicted molar refractivity (Wildman–Crippen MR) is 150 cm³/mol. The number of methoxy groups -OCH3 is 1. The molecule has 2 atom stereocenters. The van der Waals surface area contributed by atoms with Gasteiger partial charge in [0.25, 0.3) is 11.6 Å². The monoisotopic (exact) mass is 561 g/mol. The number of aliphatic hydroxyl groups is 1. The van der Waals surface area contributed by atoms with Crippen LogP contribution >= 0.6 is 0 Å². The fourth-order valence-corrected chi connectivity index (χ4v) is 4.24. The summed E-state index contributed by atoms with van der Waals surface area (Å²) < 4.78 is 16.7. The minimum absolute atomic E-state index is 0.00123. The predicted octanol–water partition coefficient (Wildman–Crippen LogP) is 4.03. The number of aliphatic hydroxyl groups excluding tert-OH is 1. The van der Waals surface area contributed by atoms with Gasteiger partial charge in [0.15, 0.2) is 5.76 Å². The number of allylic oxidation sites excluding steroid dienone is 1. The van der Waals surface area contributed by atoms with Crippen LogP contribution in [0, 0.1) is 10.1 Å². The van der Waals surface area contributed by atoms with Gasteiger partial charge >= 0.3 is 5.97 Å². The van der Waals surface area contributed by atoms with E-state index in [2.05, 4.69) is 10.6 Å². The molecule has 0 bridgehead atoms. The number of benzene rings is 3. The molecule has 1 aliphatic heterocycles. The lowest BCUT2D eigenvalue weighted by atomic mass is 9.92. The third kappa shape index (κ3) is 8.13. The van der Waals surface area contributed by atoms with Gasteiger partial charge in [-0.25, -0.2) is 4.79 Å². The molecule has 0 aromatic heterocycles. The highest BCUT2D eigenvalue weighted by atomic mass is 16.7. The van der Waals surface area contributed by atoms with E-state index in [0.717, 1.165) is 16.7 Å². The van der Waals surface area contributed by atoms with Gasteiger partial charge in [-0.2, -0.15) is 0 Å². The number of non-ortho nitro benzene ring substituents is 1. The Hall–Kier alpha value is -4.74. The second-order valence-corrected chi connectivity index (χ2v) is 9.31. The van der Waals surface area contributed by atoms with Crippen LogP contribution in [0.4, 0.5) is 11.4 Å². The quantitative estimate of drug-likeness (QED) is 0.129. The van der Waals surface area contributed by atoms with Crippen LogP contribution in [0.2, 0.25) is 0 Å². The van der Waals surface area contributed by atoms with Gasteiger partial charge in [0.2, 0.25) is 6.29 Å². The first-order valence-corrected chi connectivity index (χ1v) is 13.0. The van der Waals surface area contributed by atoms with Crippen molar-refractivity contribution in [1.82, 2.24) is 5.32 Å². The van der Waals surface area contributed by atoms with Crippen LogP contribution in [-0.2, 0) is 32.2 Å². The maximum absolute atomic E-state index is 13.0. The van der Waals surface area contributed by atoms with Crippen molar-refractivity contribution in [2.75, 3.05) is 25.5 Å². The van der Waals surface area contributed by atoms with Crippen LogP contribution in [-0.4, -0.2) is 48.4 Å². The molecule has 3 aromatic carbocycles. The van der Waals surface area contributed by atoms with E-state index < -0.39 is 23.1 Å². The number of esters is 1. The third-order valence-corrected chi connectivity index (χ3v) is 6.50. The van der Waals surface area contributed by atoms with E-state index in [-0.39, 0.29) is 37.1 Å². The van der Waals surface area contributed by atoms with E-state index in [4.69, 9.17) is 14.2 Å². The normalized spacial score (nSPS) is 16.2. The van der Waals surface area contributed by atoms with Crippen LogP contribution in [0.15, 0.2) is 84.6 Å². The number of hydrogen-bond acceptors (Lipinski definition) is 9. The molecule has 41 heavy (non-hydrogen) atoms. The molecule has 0 aliphatic carbocycles. The van der Waals surface area contributed by atoms with Crippen LogP contribution in [0.1, 0.15) is 39.4 Å². The zero-order valence-electron chi connectivity index (χ0n) is 22.4. The molecule has 0 radical (unpaired) electrons. The Morgan fingerprint density at radius 1 is 1.00 bits per heavy atom. The fraction of sp³-hybridized carbons (Fsp3) is 0.267. The lowest BCUT2D eigenvalue weighted by Gasteiger charge is -2.29. The summed E-state index contributed by atoms with van der Waals surface area (Å²) in [6, 6.07) is 20.3. The number of nitrogens with zero attached hydrogens (tertiary/aromatic N) is 1. The number of nitro groups is 1. The average molecular weight is 562 g/mol. The van der Waals surface area contributed by atoms with Gasteiger partial charge in [-0.1, -0.05) is 36.4 Å². The Morgan fingerprint density at radius 2 is 1.68 bits per heavy atom. The Bertz CT molecular complexity index is 1370. The van der Waals surface area contributed by atoms with E-state index >= 15 is 0 Å². The number of hydrogen-bond donors (Lipinski definition) is 3. The molecular formula is C30H31N3O8. The molecule has 0 unspecified atom stereocenters. The van der Waals surface area contributed by atoms with Gasteiger partial charge in [0.05, 0.1) is 30.8 Å². The Balaban J connectivity index is 1.40. The number of nitro benzene ring substituents is 1. The SMILES string of the molecule is COC(=O)c1ccc([C@@H]2C=C(C(=O)NCCNc3ccc([N+](=O)[O-])cc3)O[C@H](OCc3ccc(CO)cc3)C2)cc1. The zero-order valence-corrected chi connectivity index (χ0v) is 22.4. The van der Waals surface area contributed by atoms with Crippen LogP contribution in [0.3, 0.4) is 0 Å². The lowest BCUT2D eigenvalue weighted by Crippen LogP contribution is -2.35. The molecule has 4 rings (SSSR count). The number of amides is 1. The third-order valence-electron chi connectivity index (χ3n) is 6.50. The van der Waals surface area contributed by atoms with Crippen molar-refractivity contribution in [3.63, 3.8) is 0 Å². The van der Waals surface area contributed by atoms with Gasteiger partial charge in [0.1, 0.15) is 0 Å². The summed E-state index contributed by atoms with van der Waals surface area (Å²) in [6.07, 6.45) is 1.48. The molecule has 0 fully saturated rings. The molecule has 3 aromatic rings. The van der Waals surface area contributed by atoms with Gasteiger partial charge in [-0.15, -0.1) is 0 Å². The van der Waals surface area contributed by atoms with Gasteiger partial charge < -0.3 is 30.0 Å². The highest BCUT2D eigenvalue weighted by molar-refractivity contribution is 5.92. The molecule has 1 amide bonds. The van der Waals surface area contributed by atoms with E-state index in [0.29, 0.717) is 24.2 Å². The molecule has 1 aliphatic rings. The number of carbonyl (C=O) groups excluding carboxylic acids is 2. The van der Waals surface area contributed by atoms with Crippen LogP contribution in [0.25, 0.3) is 0 Å². The molecule has 214 valence electrons. The van der Waals surface area contributed by atoms with E-state index in [1.165, 1.54) is 19.2 Å². The summed E-state index contributed by atoms with van der Waals surface area (Å²) in [7, 11) is 1.32. The first kappa shape index (κ1) is 29.2. The van der Waals surface area contributed by atoms with Crippen molar-refractivity contribution < 1.29 is 33.8 Å². The number of anilines is 1. The lowest BCUT2D eigenvalue weighted by molar-refractivity contribution is -0.384. The number of ether oxygens (including phenoxy) is 3. The molecular weight excluding hydrogens is 530 g/mol. The first-order chi connectivity index (χ1) is 19.9. The Labute approximate surface area is 236 Å². The summed E-state index contributed by atoms with van der Waals surface area (Å²) in [5, 5.41) is 26.0. The van der Waals surface area contributed by atoms with Crippen molar-refractivity contribution in [1.29, 1.82) is 0 Å². The van der Waals surface area contributed by atoms with Gasteiger partial charge in [-0.05, 0) is 47.0 Å². The molecule has 3 N–H and O–H groups in total. The van der Waals surface area contributed by atoms with Crippen LogP contribution in [0.5, 0.6) is 0 Å². The number of carbonyl (C=O) groups is 2. The number of nitrogens with one attached hydrogen (secondary N) is 2. The molecule has 11 heteroatoms. The van der Waals surface area contributed by atoms with Crippen molar-refractivity contribution in [2.24, 2.45) is 0 Å². The second-order valence-electron chi connectivity index (χ2n) is 9.31. The molecule has 0 saturated heterocycles. The molecule has 11 nitrogen and oxygen atoms in total. The van der Waals surface area contributed by atoms with E-state index in [9.17, 15) is 24.8 Å². The molecule has 1 heterocycles.